The van der Waals surface area contributed by atoms with E-state index in [1.54, 1.807) is 0 Å². The number of carboxylic acids is 1. The van der Waals surface area contributed by atoms with Crippen molar-refractivity contribution in [2.45, 2.75) is 32.1 Å². The fraction of sp³-hybridized carbons (Fsp3) is 0.889. The molecule has 0 aliphatic heterocycles. The Morgan fingerprint density at radius 2 is 1.75 bits per heavy atom. The van der Waals surface area contributed by atoms with E-state index < -0.39 is 5.97 Å². The summed E-state index contributed by atoms with van der Waals surface area (Å²) in [7, 11) is 0. The standard InChI is InChI=1S/C9H14O2.Na/c10-9(11)8-5-6-1-3-7(8)4-2-6;/h6-8H,1-5H2,(H,10,11);/q;+1/p-1. The first kappa shape index (κ1) is 10.6. The number of hydrogen-bond acceptors (Lipinski definition) is 2. The molecule has 0 radical (unpaired) electrons. The van der Waals surface area contributed by atoms with Gasteiger partial charge in [-0.3, -0.25) is 0 Å². The van der Waals surface area contributed by atoms with Crippen molar-refractivity contribution in [1.82, 2.24) is 0 Å². The molecular formula is C9H13NaO2. The second-order valence-corrected chi connectivity index (χ2v) is 3.94. The Labute approximate surface area is 95.0 Å². The van der Waals surface area contributed by atoms with Crippen LogP contribution in [0.2, 0.25) is 0 Å². The molecule has 1 unspecified atom stereocenters. The van der Waals surface area contributed by atoms with Gasteiger partial charge < -0.3 is 9.90 Å². The fourth-order valence-corrected chi connectivity index (χ4v) is 2.67. The molecule has 0 aromatic rings. The van der Waals surface area contributed by atoms with E-state index in [4.69, 9.17) is 0 Å². The summed E-state index contributed by atoms with van der Waals surface area (Å²) < 4.78 is 0. The summed E-state index contributed by atoms with van der Waals surface area (Å²) in [4.78, 5) is 10.6. The first-order valence-corrected chi connectivity index (χ1v) is 4.48. The van der Waals surface area contributed by atoms with Crippen molar-refractivity contribution < 1.29 is 39.5 Å². The van der Waals surface area contributed by atoms with Gasteiger partial charge in [0.15, 0.2) is 0 Å². The van der Waals surface area contributed by atoms with Gasteiger partial charge in [0.25, 0.3) is 0 Å². The Morgan fingerprint density at radius 1 is 1.17 bits per heavy atom. The third-order valence-electron chi connectivity index (χ3n) is 3.35. The van der Waals surface area contributed by atoms with Crippen LogP contribution in [0.25, 0.3) is 0 Å². The molecule has 3 heteroatoms. The van der Waals surface area contributed by atoms with Crippen LogP contribution in [0.4, 0.5) is 0 Å². The predicted octanol–water partition coefficient (Wildman–Crippen LogP) is -2.43. The van der Waals surface area contributed by atoms with E-state index in [9.17, 15) is 9.90 Å². The number of carbonyl (C=O) groups is 1. The predicted molar refractivity (Wildman–Crippen MR) is 38.6 cm³/mol. The number of fused-ring (bicyclic) bond motifs is 3. The molecule has 3 rings (SSSR count). The average Bonchev–Trinajstić information content (AvgIpc) is 2.06. The first-order valence-electron chi connectivity index (χ1n) is 4.48. The SMILES string of the molecule is O=C([O-])C1CC2CCC1CC2.[Na+]. The zero-order valence-electron chi connectivity index (χ0n) is 7.58. The summed E-state index contributed by atoms with van der Waals surface area (Å²) in [6, 6.07) is 0. The summed E-state index contributed by atoms with van der Waals surface area (Å²) in [5.74, 6) is 0.231. The summed E-state index contributed by atoms with van der Waals surface area (Å²) in [6.07, 6.45) is 5.67. The normalized spacial score (nSPS) is 38.8. The molecule has 3 saturated carbocycles. The van der Waals surface area contributed by atoms with Gasteiger partial charge in [0.1, 0.15) is 0 Å². The molecule has 0 saturated heterocycles. The van der Waals surface area contributed by atoms with Crippen LogP contribution in [0.1, 0.15) is 32.1 Å². The van der Waals surface area contributed by atoms with E-state index in [2.05, 4.69) is 0 Å². The van der Waals surface area contributed by atoms with Gasteiger partial charge in [0, 0.05) is 11.9 Å². The van der Waals surface area contributed by atoms with Crippen molar-refractivity contribution in [2.75, 3.05) is 0 Å². The van der Waals surface area contributed by atoms with Crippen LogP contribution in [0.5, 0.6) is 0 Å². The molecule has 1 atom stereocenters. The van der Waals surface area contributed by atoms with Crippen molar-refractivity contribution in [2.24, 2.45) is 17.8 Å². The van der Waals surface area contributed by atoms with Gasteiger partial charge in [-0.25, -0.2) is 0 Å². The maximum absolute atomic E-state index is 10.6. The van der Waals surface area contributed by atoms with Crippen LogP contribution < -0.4 is 34.7 Å². The van der Waals surface area contributed by atoms with Crippen molar-refractivity contribution in [3.8, 4) is 0 Å². The smallest absolute Gasteiger partial charge is 0.550 e. The minimum Gasteiger partial charge on any atom is -0.550 e. The topological polar surface area (TPSA) is 40.1 Å². The van der Waals surface area contributed by atoms with E-state index in [0.29, 0.717) is 11.8 Å². The van der Waals surface area contributed by atoms with Gasteiger partial charge in [0.05, 0.1) is 0 Å². The van der Waals surface area contributed by atoms with Gasteiger partial charge in [-0.05, 0) is 31.1 Å². The molecule has 2 nitrogen and oxygen atoms in total. The Bertz CT molecular complexity index is 173. The third kappa shape index (κ3) is 1.86. The van der Waals surface area contributed by atoms with E-state index >= 15 is 0 Å². The molecule has 0 amide bonds. The Morgan fingerprint density at radius 3 is 2.00 bits per heavy atom. The molecule has 3 aliphatic carbocycles. The molecule has 0 heterocycles. The number of hydrogen-bond donors (Lipinski definition) is 0. The Hall–Kier alpha value is 0.470. The minimum absolute atomic E-state index is 0. The molecule has 62 valence electrons. The maximum Gasteiger partial charge on any atom is 1.00 e. The number of carbonyl (C=O) groups excluding carboxylic acids is 1. The van der Waals surface area contributed by atoms with Crippen molar-refractivity contribution in [3.05, 3.63) is 0 Å². The molecule has 3 aliphatic rings. The number of rotatable bonds is 1. The summed E-state index contributed by atoms with van der Waals surface area (Å²) in [6.45, 7) is 0. The van der Waals surface area contributed by atoms with Crippen molar-refractivity contribution in [3.63, 3.8) is 0 Å². The van der Waals surface area contributed by atoms with Crippen LogP contribution in [0.3, 0.4) is 0 Å². The molecule has 0 spiro atoms. The molecule has 3 fully saturated rings. The van der Waals surface area contributed by atoms with Crippen molar-refractivity contribution in [1.29, 1.82) is 0 Å². The van der Waals surface area contributed by atoms with Crippen molar-refractivity contribution >= 4 is 5.97 Å². The van der Waals surface area contributed by atoms with Crippen LogP contribution >= 0.6 is 0 Å². The molecule has 0 aromatic heterocycles. The largest absolute Gasteiger partial charge is 1.00 e. The second kappa shape index (κ2) is 4.12. The quantitative estimate of drug-likeness (QED) is 0.417. The fourth-order valence-electron chi connectivity index (χ4n) is 2.67. The van der Waals surface area contributed by atoms with Gasteiger partial charge in [-0.1, -0.05) is 12.8 Å². The molecule has 0 aromatic carbocycles. The summed E-state index contributed by atoms with van der Waals surface area (Å²) in [5.41, 5.74) is 0. The monoisotopic (exact) mass is 176 g/mol. The molecule has 12 heavy (non-hydrogen) atoms. The average molecular weight is 176 g/mol. The number of carboxylic acid groups (broad SMARTS) is 1. The second-order valence-electron chi connectivity index (χ2n) is 3.94. The minimum atomic E-state index is -0.806. The zero-order valence-corrected chi connectivity index (χ0v) is 9.58. The van der Waals surface area contributed by atoms with Crippen LogP contribution in [-0.2, 0) is 4.79 Å². The van der Waals surface area contributed by atoms with E-state index in [0.717, 1.165) is 19.3 Å². The van der Waals surface area contributed by atoms with Gasteiger partial charge in [-0.15, -0.1) is 0 Å². The van der Waals surface area contributed by atoms with E-state index in [-0.39, 0.29) is 35.5 Å². The molecule has 0 N–H and O–H groups in total. The number of aliphatic carboxylic acids is 1. The van der Waals surface area contributed by atoms with Crippen LogP contribution in [0, 0.1) is 17.8 Å². The maximum atomic E-state index is 10.6. The Kier molecular flexibility index (Phi) is 3.62. The molecule has 2 bridgehead atoms. The molecular weight excluding hydrogens is 163 g/mol. The van der Waals surface area contributed by atoms with Gasteiger partial charge in [0.2, 0.25) is 0 Å². The van der Waals surface area contributed by atoms with E-state index in [1.165, 1.54) is 12.8 Å². The van der Waals surface area contributed by atoms with Crippen LogP contribution in [0.15, 0.2) is 0 Å². The zero-order chi connectivity index (χ0) is 7.84. The third-order valence-corrected chi connectivity index (χ3v) is 3.35. The van der Waals surface area contributed by atoms with Gasteiger partial charge >= 0.3 is 29.6 Å². The first-order chi connectivity index (χ1) is 5.27. The van der Waals surface area contributed by atoms with Crippen LogP contribution in [-0.4, -0.2) is 5.97 Å². The summed E-state index contributed by atoms with van der Waals surface area (Å²) in [5, 5.41) is 10.6. The summed E-state index contributed by atoms with van der Waals surface area (Å²) >= 11 is 0. The van der Waals surface area contributed by atoms with E-state index in [1.807, 2.05) is 0 Å². The Balaban J connectivity index is 0.000000720. The van der Waals surface area contributed by atoms with Gasteiger partial charge in [-0.2, -0.15) is 0 Å².